The average molecular weight is 256 g/mol. The fourth-order valence-corrected chi connectivity index (χ4v) is 2.67. The molecule has 0 saturated carbocycles. The predicted octanol–water partition coefficient (Wildman–Crippen LogP) is 3.28. The normalized spacial score (nSPS) is 13.7. The molecule has 0 unspecified atom stereocenters. The third-order valence-corrected chi connectivity index (χ3v) is 3.77. The third-order valence-electron chi connectivity index (χ3n) is 3.77. The lowest BCUT2D eigenvalue weighted by atomic mass is 10.1. The van der Waals surface area contributed by atoms with Crippen molar-refractivity contribution in [1.29, 1.82) is 0 Å². The number of nitrogens with zero attached hydrogens (tertiary/aromatic N) is 1. The summed E-state index contributed by atoms with van der Waals surface area (Å²) in [7, 11) is 0. The summed E-state index contributed by atoms with van der Waals surface area (Å²) in [6.45, 7) is 3.76. The molecule has 1 heterocycles. The van der Waals surface area contributed by atoms with Crippen LogP contribution in [0.2, 0.25) is 0 Å². The van der Waals surface area contributed by atoms with Gasteiger partial charge in [0.05, 0.1) is 0 Å². The van der Waals surface area contributed by atoms with E-state index in [4.69, 9.17) is 5.73 Å². The number of fused-ring (bicyclic) bond motifs is 1. The van der Waals surface area contributed by atoms with Gasteiger partial charge in [-0.2, -0.15) is 0 Å². The fraction of sp³-hybridized carbons (Fsp3) is 0.250. The summed E-state index contributed by atoms with van der Waals surface area (Å²) in [6, 6.07) is 11.1. The first-order valence-electron chi connectivity index (χ1n) is 6.52. The van der Waals surface area contributed by atoms with Crippen molar-refractivity contribution in [1.82, 2.24) is 0 Å². The Kier molecular flexibility index (Phi) is 2.90. The van der Waals surface area contributed by atoms with Crippen molar-refractivity contribution in [3.63, 3.8) is 0 Å². The second-order valence-corrected chi connectivity index (χ2v) is 5.13. The highest BCUT2D eigenvalue weighted by atomic mass is 19.1. The van der Waals surface area contributed by atoms with E-state index in [2.05, 4.69) is 11.0 Å². The van der Waals surface area contributed by atoms with E-state index in [1.165, 1.54) is 17.3 Å². The summed E-state index contributed by atoms with van der Waals surface area (Å²) in [4.78, 5) is 2.31. The van der Waals surface area contributed by atoms with Crippen LogP contribution in [-0.4, -0.2) is 6.54 Å². The van der Waals surface area contributed by atoms with Crippen LogP contribution in [0.15, 0.2) is 36.4 Å². The predicted molar refractivity (Wildman–Crippen MR) is 76.7 cm³/mol. The molecule has 1 aliphatic rings. The molecular weight excluding hydrogens is 239 g/mol. The number of rotatable bonds is 2. The standard InChI is InChI=1S/C16H17FN2/c1-11-8-14(17)4-2-13(11)10-19-7-6-12-3-5-15(18)9-16(12)19/h2-5,8-9H,6-7,10,18H2,1H3. The SMILES string of the molecule is Cc1cc(F)ccc1CN1CCc2ccc(N)cc21. The van der Waals surface area contributed by atoms with Crippen LogP contribution in [0.1, 0.15) is 16.7 Å². The maximum absolute atomic E-state index is 13.1. The lowest BCUT2D eigenvalue weighted by molar-refractivity contribution is 0.625. The van der Waals surface area contributed by atoms with Gasteiger partial charge in [0.25, 0.3) is 0 Å². The summed E-state index contributed by atoms with van der Waals surface area (Å²) in [5.41, 5.74) is 11.4. The first kappa shape index (κ1) is 12.0. The van der Waals surface area contributed by atoms with Gasteiger partial charge in [0.15, 0.2) is 0 Å². The van der Waals surface area contributed by atoms with Crippen LogP contribution in [0.25, 0.3) is 0 Å². The van der Waals surface area contributed by atoms with E-state index in [9.17, 15) is 4.39 Å². The highest BCUT2D eigenvalue weighted by Gasteiger charge is 2.19. The number of hydrogen-bond donors (Lipinski definition) is 1. The monoisotopic (exact) mass is 256 g/mol. The Morgan fingerprint density at radius 1 is 1.21 bits per heavy atom. The molecule has 0 bridgehead atoms. The van der Waals surface area contributed by atoms with E-state index in [1.807, 2.05) is 25.1 Å². The Hall–Kier alpha value is -2.03. The van der Waals surface area contributed by atoms with Gasteiger partial charge in [-0.1, -0.05) is 12.1 Å². The Labute approximate surface area is 112 Å². The molecule has 0 aliphatic carbocycles. The number of nitrogens with two attached hydrogens (primary N) is 1. The molecule has 0 aromatic heterocycles. The zero-order valence-electron chi connectivity index (χ0n) is 11.0. The van der Waals surface area contributed by atoms with Gasteiger partial charge in [-0.05, 0) is 54.3 Å². The zero-order chi connectivity index (χ0) is 13.4. The Bertz CT molecular complexity index is 622. The number of aryl methyl sites for hydroxylation is 1. The quantitative estimate of drug-likeness (QED) is 0.835. The highest BCUT2D eigenvalue weighted by molar-refractivity contribution is 5.64. The van der Waals surface area contributed by atoms with Gasteiger partial charge in [0.2, 0.25) is 0 Å². The lowest BCUT2D eigenvalue weighted by Gasteiger charge is -2.21. The smallest absolute Gasteiger partial charge is 0.123 e. The largest absolute Gasteiger partial charge is 0.399 e. The summed E-state index contributed by atoms with van der Waals surface area (Å²) >= 11 is 0. The van der Waals surface area contributed by atoms with Crippen LogP contribution in [-0.2, 0) is 13.0 Å². The fourth-order valence-electron chi connectivity index (χ4n) is 2.67. The van der Waals surface area contributed by atoms with Crippen molar-refractivity contribution >= 4 is 11.4 Å². The number of nitrogen functional groups attached to an aromatic ring is 1. The second kappa shape index (κ2) is 4.57. The molecule has 19 heavy (non-hydrogen) atoms. The van der Waals surface area contributed by atoms with Crippen LogP contribution in [0.5, 0.6) is 0 Å². The molecule has 2 aromatic rings. The zero-order valence-corrected chi connectivity index (χ0v) is 11.0. The van der Waals surface area contributed by atoms with Crippen LogP contribution < -0.4 is 10.6 Å². The number of hydrogen-bond acceptors (Lipinski definition) is 2. The van der Waals surface area contributed by atoms with Gasteiger partial charge in [-0.25, -0.2) is 4.39 Å². The van der Waals surface area contributed by atoms with Gasteiger partial charge in [-0.3, -0.25) is 0 Å². The highest BCUT2D eigenvalue weighted by Crippen LogP contribution is 2.31. The van der Waals surface area contributed by atoms with Gasteiger partial charge in [0.1, 0.15) is 5.82 Å². The van der Waals surface area contributed by atoms with Crippen LogP contribution in [0.4, 0.5) is 15.8 Å². The van der Waals surface area contributed by atoms with Crippen LogP contribution in [0.3, 0.4) is 0 Å². The molecule has 2 nitrogen and oxygen atoms in total. The first-order valence-corrected chi connectivity index (χ1v) is 6.52. The molecule has 0 saturated heterocycles. The van der Waals surface area contributed by atoms with Crippen molar-refractivity contribution in [2.75, 3.05) is 17.2 Å². The molecule has 0 spiro atoms. The van der Waals surface area contributed by atoms with E-state index < -0.39 is 0 Å². The molecule has 1 aliphatic heterocycles. The van der Waals surface area contributed by atoms with E-state index in [0.717, 1.165) is 36.3 Å². The lowest BCUT2D eigenvalue weighted by Crippen LogP contribution is -2.20. The topological polar surface area (TPSA) is 29.3 Å². The summed E-state index contributed by atoms with van der Waals surface area (Å²) in [5, 5.41) is 0. The Morgan fingerprint density at radius 2 is 2.05 bits per heavy atom. The Morgan fingerprint density at radius 3 is 2.84 bits per heavy atom. The molecule has 3 heteroatoms. The number of anilines is 2. The van der Waals surface area contributed by atoms with Gasteiger partial charge in [-0.15, -0.1) is 0 Å². The molecule has 2 N–H and O–H groups in total. The number of halogens is 1. The van der Waals surface area contributed by atoms with E-state index >= 15 is 0 Å². The Balaban J connectivity index is 1.88. The minimum Gasteiger partial charge on any atom is -0.399 e. The van der Waals surface area contributed by atoms with Gasteiger partial charge in [0, 0.05) is 24.5 Å². The minimum absolute atomic E-state index is 0.174. The molecule has 0 radical (unpaired) electrons. The molecule has 3 rings (SSSR count). The molecule has 0 fully saturated rings. The van der Waals surface area contributed by atoms with Crippen molar-refractivity contribution in [3.8, 4) is 0 Å². The second-order valence-electron chi connectivity index (χ2n) is 5.13. The van der Waals surface area contributed by atoms with Crippen molar-refractivity contribution in [3.05, 3.63) is 58.9 Å². The van der Waals surface area contributed by atoms with E-state index in [1.54, 1.807) is 6.07 Å². The van der Waals surface area contributed by atoms with Gasteiger partial charge < -0.3 is 10.6 Å². The maximum atomic E-state index is 13.1. The summed E-state index contributed by atoms with van der Waals surface area (Å²) in [5.74, 6) is -0.174. The van der Waals surface area contributed by atoms with E-state index in [-0.39, 0.29) is 5.82 Å². The average Bonchev–Trinajstić information content (AvgIpc) is 2.75. The minimum atomic E-state index is -0.174. The number of benzene rings is 2. The molecule has 2 aromatic carbocycles. The molecule has 0 atom stereocenters. The maximum Gasteiger partial charge on any atom is 0.123 e. The third kappa shape index (κ3) is 2.28. The van der Waals surface area contributed by atoms with Crippen LogP contribution in [0, 0.1) is 12.7 Å². The van der Waals surface area contributed by atoms with Crippen LogP contribution >= 0.6 is 0 Å². The molecule has 0 amide bonds. The summed E-state index contributed by atoms with van der Waals surface area (Å²) < 4.78 is 13.1. The molecule has 98 valence electrons. The molecular formula is C16H17FN2. The first-order chi connectivity index (χ1) is 9.13. The summed E-state index contributed by atoms with van der Waals surface area (Å²) in [6.07, 6.45) is 1.05. The van der Waals surface area contributed by atoms with Gasteiger partial charge >= 0.3 is 0 Å². The van der Waals surface area contributed by atoms with Crippen molar-refractivity contribution in [2.24, 2.45) is 0 Å². The van der Waals surface area contributed by atoms with Crippen molar-refractivity contribution < 1.29 is 4.39 Å². The van der Waals surface area contributed by atoms with Crippen molar-refractivity contribution in [2.45, 2.75) is 19.9 Å². The van der Waals surface area contributed by atoms with E-state index in [0.29, 0.717) is 0 Å².